The molecule has 0 saturated heterocycles. The van der Waals surface area contributed by atoms with Crippen LogP contribution in [0.3, 0.4) is 0 Å². The molecule has 4 N–H and O–H groups in total. The summed E-state index contributed by atoms with van der Waals surface area (Å²) in [5.41, 5.74) is 6.37. The van der Waals surface area contributed by atoms with Gasteiger partial charge in [-0.25, -0.2) is 0 Å². The topological polar surface area (TPSA) is 74.4 Å². The van der Waals surface area contributed by atoms with Crippen LogP contribution in [0.1, 0.15) is 11.5 Å². The van der Waals surface area contributed by atoms with Gasteiger partial charge in [-0.2, -0.15) is 0 Å². The molecular formula is C11H15N3O. The average Bonchev–Trinajstić information content (AvgIpc) is 2.68. The Morgan fingerprint density at radius 3 is 3.07 bits per heavy atom. The van der Waals surface area contributed by atoms with E-state index in [1.54, 1.807) is 6.21 Å². The lowest BCUT2D eigenvalue weighted by Crippen LogP contribution is -2.21. The van der Waals surface area contributed by atoms with E-state index in [4.69, 9.17) is 5.73 Å². The molecule has 0 aromatic carbocycles. The molecule has 1 aromatic rings. The van der Waals surface area contributed by atoms with Gasteiger partial charge in [0.1, 0.15) is 0 Å². The summed E-state index contributed by atoms with van der Waals surface area (Å²) >= 11 is 0. The van der Waals surface area contributed by atoms with Gasteiger partial charge >= 0.3 is 0 Å². The Balaban J connectivity index is 2.23. The van der Waals surface area contributed by atoms with Crippen molar-refractivity contribution in [2.45, 2.75) is 12.0 Å². The van der Waals surface area contributed by atoms with Crippen LogP contribution in [0.25, 0.3) is 0 Å². The van der Waals surface area contributed by atoms with Crippen LogP contribution in [0.5, 0.6) is 0 Å². The molecule has 3 unspecified atom stereocenters. The van der Waals surface area contributed by atoms with E-state index in [-0.39, 0.29) is 5.92 Å². The Morgan fingerprint density at radius 1 is 1.73 bits per heavy atom. The van der Waals surface area contributed by atoms with Crippen LogP contribution in [0, 0.1) is 5.41 Å². The molecule has 0 bridgehead atoms. The lowest BCUT2D eigenvalue weighted by Gasteiger charge is -2.06. The van der Waals surface area contributed by atoms with Crippen molar-refractivity contribution in [1.29, 1.82) is 0 Å². The monoisotopic (exact) mass is 205 g/mol. The molecule has 1 aliphatic carbocycles. The van der Waals surface area contributed by atoms with Crippen molar-refractivity contribution < 1.29 is 5.11 Å². The largest absolute Gasteiger partial charge is 0.391 e. The molecule has 1 aliphatic rings. The predicted molar refractivity (Wildman–Crippen MR) is 59.7 cm³/mol. The summed E-state index contributed by atoms with van der Waals surface area (Å²) in [5, 5.41) is 9.92. The molecule has 0 amide bonds. The number of aromatic amines is 1. The average molecular weight is 205 g/mol. The first-order valence-corrected chi connectivity index (χ1v) is 4.92. The van der Waals surface area contributed by atoms with Gasteiger partial charge in [-0.05, 0) is 11.6 Å². The molecule has 4 nitrogen and oxygen atoms in total. The Kier molecular flexibility index (Phi) is 2.46. The second-order valence-electron chi connectivity index (χ2n) is 3.84. The van der Waals surface area contributed by atoms with Gasteiger partial charge in [0.15, 0.2) is 0 Å². The van der Waals surface area contributed by atoms with Crippen LogP contribution in [-0.4, -0.2) is 29.0 Å². The summed E-state index contributed by atoms with van der Waals surface area (Å²) in [4.78, 5) is 6.95. The van der Waals surface area contributed by atoms with E-state index in [1.807, 2.05) is 18.5 Å². The minimum absolute atomic E-state index is 0.0532. The molecule has 3 atom stereocenters. The number of H-pyrrole nitrogens is 1. The number of hydrogen-bond acceptors (Lipinski definition) is 3. The summed E-state index contributed by atoms with van der Waals surface area (Å²) in [6.07, 6.45) is 6.44. The zero-order chi connectivity index (χ0) is 10.9. The first-order valence-electron chi connectivity index (χ1n) is 4.92. The van der Waals surface area contributed by atoms with Crippen molar-refractivity contribution in [3.8, 4) is 0 Å². The van der Waals surface area contributed by atoms with Crippen LogP contribution in [-0.2, 0) is 0 Å². The van der Waals surface area contributed by atoms with Gasteiger partial charge in [-0.1, -0.05) is 6.58 Å². The Hall–Kier alpha value is -1.39. The van der Waals surface area contributed by atoms with Crippen molar-refractivity contribution in [2.24, 2.45) is 16.1 Å². The summed E-state index contributed by atoms with van der Waals surface area (Å²) in [6, 6.07) is 1.95. The fraction of sp³-hybridized carbons (Fsp3) is 0.364. The first-order chi connectivity index (χ1) is 7.26. The quantitative estimate of drug-likeness (QED) is 0.631. The fourth-order valence-electron chi connectivity index (χ4n) is 2.11. The minimum atomic E-state index is -0.443. The Labute approximate surface area is 88.5 Å². The van der Waals surface area contributed by atoms with Gasteiger partial charge in [0.25, 0.3) is 0 Å². The van der Waals surface area contributed by atoms with Crippen molar-refractivity contribution in [3.63, 3.8) is 0 Å². The molecule has 1 saturated carbocycles. The van der Waals surface area contributed by atoms with E-state index in [0.29, 0.717) is 6.54 Å². The van der Waals surface area contributed by atoms with Crippen molar-refractivity contribution >= 4 is 6.21 Å². The highest BCUT2D eigenvalue weighted by Gasteiger charge is 2.63. The van der Waals surface area contributed by atoms with Gasteiger partial charge < -0.3 is 15.8 Å². The molecule has 0 aliphatic heterocycles. The van der Waals surface area contributed by atoms with E-state index in [0.717, 1.165) is 5.56 Å². The highest BCUT2D eigenvalue weighted by Crippen LogP contribution is 2.57. The van der Waals surface area contributed by atoms with Crippen molar-refractivity contribution in [2.75, 3.05) is 6.54 Å². The molecule has 80 valence electrons. The molecule has 0 spiro atoms. The molecule has 2 rings (SSSR count). The van der Waals surface area contributed by atoms with E-state index in [1.165, 1.54) is 6.20 Å². The minimum Gasteiger partial charge on any atom is -0.391 e. The number of nitrogens with zero attached hydrogens (tertiary/aromatic N) is 1. The number of aliphatic imine (C=N–C) groups is 1. The number of aliphatic hydroxyl groups is 1. The van der Waals surface area contributed by atoms with Gasteiger partial charge in [0.05, 0.1) is 11.5 Å². The zero-order valence-electron chi connectivity index (χ0n) is 8.43. The highest BCUT2D eigenvalue weighted by atomic mass is 16.3. The van der Waals surface area contributed by atoms with Crippen LogP contribution in [0.4, 0.5) is 0 Å². The first kappa shape index (κ1) is 10.1. The maximum atomic E-state index is 9.92. The Bertz CT molecular complexity index is 371. The fourth-order valence-corrected chi connectivity index (χ4v) is 2.11. The van der Waals surface area contributed by atoms with E-state index >= 15 is 0 Å². The lowest BCUT2D eigenvalue weighted by atomic mass is 10.0. The third kappa shape index (κ3) is 1.42. The van der Waals surface area contributed by atoms with Crippen molar-refractivity contribution in [3.05, 3.63) is 36.8 Å². The van der Waals surface area contributed by atoms with Crippen LogP contribution >= 0.6 is 0 Å². The molecule has 1 aromatic heterocycles. The molecule has 0 radical (unpaired) electrons. The molecule has 1 fully saturated rings. The lowest BCUT2D eigenvalue weighted by molar-refractivity contribution is 0.245. The maximum absolute atomic E-state index is 9.92. The van der Waals surface area contributed by atoms with Crippen LogP contribution in [0.15, 0.2) is 36.2 Å². The number of nitrogens with one attached hydrogen (secondary N) is 1. The molecule has 1 heterocycles. The standard InChI is InChI=1S/C11H15N3O/c1-2-13-7-11(6-12)9(10(11)15)8-3-4-14-5-8/h2-5,7,9-10,14-15H,1,6,12H2. The van der Waals surface area contributed by atoms with Crippen LogP contribution < -0.4 is 5.73 Å². The number of aliphatic hydroxyl groups excluding tert-OH is 1. The van der Waals surface area contributed by atoms with Crippen molar-refractivity contribution in [1.82, 2.24) is 4.98 Å². The third-order valence-electron chi connectivity index (χ3n) is 3.09. The SMILES string of the molecule is C=CN=CC1(CN)C(O)C1c1cc[nH]c1. The van der Waals surface area contributed by atoms with Gasteiger partial charge in [0, 0.05) is 37.3 Å². The van der Waals surface area contributed by atoms with E-state index in [9.17, 15) is 5.11 Å². The normalized spacial score (nSPS) is 34.5. The van der Waals surface area contributed by atoms with E-state index in [2.05, 4.69) is 16.6 Å². The Morgan fingerprint density at radius 2 is 2.53 bits per heavy atom. The number of rotatable bonds is 4. The smallest absolute Gasteiger partial charge is 0.0744 e. The maximum Gasteiger partial charge on any atom is 0.0744 e. The molecule has 4 heteroatoms. The molecule has 15 heavy (non-hydrogen) atoms. The highest BCUT2D eigenvalue weighted by molar-refractivity contribution is 5.76. The summed E-state index contributed by atoms with van der Waals surface area (Å²) in [5.74, 6) is 0.0532. The van der Waals surface area contributed by atoms with E-state index < -0.39 is 11.5 Å². The number of hydrogen-bond donors (Lipinski definition) is 3. The number of aromatic nitrogens is 1. The summed E-state index contributed by atoms with van der Waals surface area (Å²) < 4.78 is 0. The van der Waals surface area contributed by atoms with Gasteiger partial charge in [0.2, 0.25) is 0 Å². The van der Waals surface area contributed by atoms with Gasteiger partial charge in [-0.3, -0.25) is 4.99 Å². The number of nitrogens with two attached hydrogens (primary N) is 1. The second kappa shape index (κ2) is 3.64. The summed E-state index contributed by atoms with van der Waals surface area (Å²) in [7, 11) is 0. The summed E-state index contributed by atoms with van der Waals surface area (Å²) in [6.45, 7) is 3.90. The van der Waals surface area contributed by atoms with Crippen LogP contribution in [0.2, 0.25) is 0 Å². The zero-order valence-corrected chi connectivity index (χ0v) is 8.43. The third-order valence-corrected chi connectivity index (χ3v) is 3.09. The molecular weight excluding hydrogens is 190 g/mol. The van der Waals surface area contributed by atoms with Gasteiger partial charge in [-0.15, -0.1) is 0 Å². The second-order valence-corrected chi connectivity index (χ2v) is 3.84. The predicted octanol–water partition coefficient (Wildman–Crippen LogP) is 0.632.